The van der Waals surface area contributed by atoms with Gasteiger partial charge in [-0.3, -0.25) is 0 Å². The van der Waals surface area contributed by atoms with Crippen LogP contribution in [-0.2, 0) is 0 Å². The second kappa shape index (κ2) is 5.21. The van der Waals surface area contributed by atoms with Crippen LogP contribution in [0.3, 0.4) is 0 Å². The summed E-state index contributed by atoms with van der Waals surface area (Å²) in [6, 6.07) is 8.59. The maximum absolute atomic E-state index is 5.67. The maximum atomic E-state index is 5.67. The van der Waals surface area contributed by atoms with E-state index in [0.29, 0.717) is 6.04 Å². The van der Waals surface area contributed by atoms with E-state index in [1.54, 1.807) is 0 Å². The van der Waals surface area contributed by atoms with Crippen molar-refractivity contribution in [3.05, 3.63) is 24.3 Å². The lowest BCUT2D eigenvalue weighted by atomic mass is 10.1. The van der Waals surface area contributed by atoms with Crippen molar-refractivity contribution >= 4 is 11.4 Å². The van der Waals surface area contributed by atoms with Gasteiger partial charge in [0.2, 0.25) is 0 Å². The smallest absolute Gasteiger partial charge is 0.0388 e. The first-order valence-corrected chi connectivity index (χ1v) is 6.12. The van der Waals surface area contributed by atoms with Crippen LogP contribution in [-0.4, -0.2) is 30.6 Å². The Hall–Kier alpha value is -1.22. The molecular weight excluding hydrogens is 198 g/mol. The molecule has 3 nitrogen and oxygen atoms in total. The summed E-state index contributed by atoms with van der Waals surface area (Å²) in [4.78, 5) is 2.50. The first-order chi connectivity index (χ1) is 7.78. The highest BCUT2D eigenvalue weighted by molar-refractivity contribution is 5.51. The van der Waals surface area contributed by atoms with Gasteiger partial charge in [0, 0.05) is 24.0 Å². The van der Waals surface area contributed by atoms with E-state index in [1.807, 2.05) is 12.1 Å². The molecule has 0 aromatic heterocycles. The van der Waals surface area contributed by atoms with E-state index in [2.05, 4.69) is 29.3 Å². The van der Waals surface area contributed by atoms with Gasteiger partial charge in [0.15, 0.2) is 0 Å². The Balaban J connectivity index is 1.91. The highest BCUT2D eigenvalue weighted by atomic mass is 15.2. The van der Waals surface area contributed by atoms with Gasteiger partial charge >= 0.3 is 0 Å². The van der Waals surface area contributed by atoms with Crippen molar-refractivity contribution in [1.82, 2.24) is 4.90 Å². The van der Waals surface area contributed by atoms with E-state index in [4.69, 9.17) is 5.73 Å². The number of hydrogen-bond donors (Lipinski definition) is 2. The van der Waals surface area contributed by atoms with Gasteiger partial charge in [-0.1, -0.05) is 6.92 Å². The van der Waals surface area contributed by atoms with Crippen molar-refractivity contribution < 1.29 is 0 Å². The van der Waals surface area contributed by atoms with Crippen molar-refractivity contribution in [1.29, 1.82) is 0 Å². The molecule has 0 amide bonds. The van der Waals surface area contributed by atoms with Crippen LogP contribution in [0.4, 0.5) is 11.4 Å². The maximum Gasteiger partial charge on any atom is 0.0388 e. The Bertz CT molecular complexity index is 320. The molecule has 1 aromatic carbocycles. The van der Waals surface area contributed by atoms with Crippen LogP contribution >= 0.6 is 0 Å². The molecular formula is C13H21N3. The van der Waals surface area contributed by atoms with Crippen LogP contribution in [0.1, 0.15) is 19.8 Å². The molecule has 0 radical (unpaired) electrons. The van der Waals surface area contributed by atoms with E-state index >= 15 is 0 Å². The summed E-state index contributed by atoms with van der Waals surface area (Å²) in [5.41, 5.74) is 7.67. The number of nitrogens with two attached hydrogens (primary N) is 1. The number of nitrogens with zero attached hydrogens (tertiary/aromatic N) is 1. The first-order valence-electron chi connectivity index (χ1n) is 6.12. The quantitative estimate of drug-likeness (QED) is 0.765. The van der Waals surface area contributed by atoms with E-state index in [0.717, 1.165) is 18.8 Å². The van der Waals surface area contributed by atoms with Gasteiger partial charge in [0.25, 0.3) is 0 Å². The van der Waals surface area contributed by atoms with E-state index < -0.39 is 0 Å². The summed E-state index contributed by atoms with van der Waals surface area (Å²) in [5.74, 6) is 0. The summed E-state index contributed by atoms with van der Waals surface area (Å²) in [7, 11) is 0. The van der Waals surface area contributed by atoms with E-state index in [-0.39, 0.29) is 0 Å². The molecule has 0 aliphatic carbocycles. The number of hydrogen-bond acceptors (Lipinski definition) is 3. The predicted octanol–water partition coefficient (Wildman–Crippen LogP) is 2.17. The summed E-state index contributed by atoms with van der Waals surface area (Å²) >= 11 is 0. The topological polar surface area (TPSA) is 41.3 Å². The fourth-order valence-corrected chi connectivity index (χ4v) is 2.28. The molecule has 2 rings (SSSR count). The Morgan fingerprint density at radius 2 is 2.12 bits per heavy atom. The van der Waals surface area contributed by atoms with Crippen LogP contribution in [0.25, 0.3) is 0 Å². The van der Waals surface area contributed by atoms with Gasteiger partial charge in [0.1, 0.15) is 0 Å². The molecule has 0 bridgehead atoms. The normalized spacial score (nSPS) is 21.9. The highest BCUT2D eigenvalue weighted by Gasteiger charge is 2.17. The lowest BCUT2D eigenvalue weighted by Crippen LogP contribution is -2.41. The number of nitrogens with one attached hydrogen (secondary N) is 1. The molecule has 0 spiro atoms. The molecule has 1 aliphatic rings. The minimum absolute atomic E-state index is 0.581. The minimum atomic E-state index is 0.581. The molecule has 0 saturated carbocycles. The Morgan fingerprint density at radius 1 is 1.38 bits per heavy atom. The molecule has 1 saturated heterocycles. The van der Waals surface area contributed by atoms with Gasteiger partial charge < -0.3 is 16.0 Å². The molecule has 1 heterocycles. The SMILES string of the molecule is CCN1CCCC(Nc2ccc(N)cc2)C1. The standard InChI is InChI=1S/C13H21N3/c1-2-16-9-3-4-13(10-16)15-12-7-5-11(14)6-8-12/h5-8,13,15H,2-4,9-10,14H2,1H3. The largest absolute Gasteiger partial charge is 0.399 e. The first kappa shape index (κ1) is 11.3. The fourth-order valence-electron chi connectivity index (χ4n) is 2.28. The molecule has 16 heavy (non-hydrogen) atoms. The second-order valence-electron chi connectivity index (χ2n) is 4.50. The third kappa shape index (κ3) is 2.89. The zero-order valence-corrected chi connectivity index (χ0v) is 9.95. The number of benzene rings is 1. The number of likely N-dealkylation sites (tertiary alicyclic amines) is 1. The second-order valence-corrected chi connectivity index (χ2v) is 4.50. The Labute approximate surface area is 97.6 Å². The van der Waals surface area contributed by atoms with Crippen LogP contribution in [0, 0.1) is 0 Å². The monoisotopic (exact) mass is 219 g/mol. The van der Waals surface area contributed by atoms with Gasteiger partial charge in [0.05, 0.1) is 0 Å². The predicted molar refractivity (Wildman–Crippen MR) is 69.6 cm³/mol. The Morgan fingerprint density at radius 3 is 2.81 bits per heavy atom. The number of likely N-dealkylation sites (N-methyl/N-ethyl adjacent to an activating group) is 1. The number of anilines is 2. The summed E-state index contributed by atoms with van der Waals surface area (Å²) in [6.45, 7) is 5.78. The van der Waals surface area contributed by atoms with Crippen molar-refractivity contribution in [2.45, 2.75) is 25.8 Å². The van der Waals surface area contributed by atoms with Gasteiger partial charge in [-0.2, -0.15) is 0 Å². The van der Waals surface area contributed by atoms with Crippen molar-refractivity contribution in [2.24, 2.45) is 0 Å². The number of piperidine rings is 1. The number of nitrogen functional groups attached to an aromatic ring is 1. The lowest BCUT2D eigenvalue weighted by Gasteiger charge is -2.32. The molecule has 88 valence electrons. The Kier molecular flexibility index (Phi) is 3.67. The zero-order valence-electron chi connectivity index (χ0n) is 9.95. The summed E-state index contributed by atoms with van der Waals surface area (Å²) < 4.78 is 0. The average molecular weight is 219 g/mol. The van der Waals surface area contributed by atoms with Crippen molar-refractivity contribution in [3.8, 4) is 0 Å². The fraction of sp³-hybridized carbons (Fsp3) is 0.538. The van der Waals surface area contributed by atoms with Gasteiger partial charge in [-0.15, -0.1) is 0 Å². The average Bonchev–Trinajstić information content (AvgIpc) is 2.32. The summed E-state index contributed by atoms with van der Waals surface area (Å²) in [5, 5.41) is 3.58. The minimum Gasteiger partial charge on any atom is -0.399 e. The molecule has 3 heteroatoms. The van der Waals surface area contributed by atoms with Crippen LogP contribution in [0.15, 0.2) is 24.3 Å². The number of rotatable bonds is 3. The third-order valence-electron chi connectivity index (χ3n) is 3.23. The van der Waals surface area contributed by atoms with Crippen LogP contribution in [0.2, 0.25) is 0 Å². The molecule has 1 unspecified atom stereocenters. The van der Waals surface area contributed by atoms with Crippen LogP contribution in [0.5, 0.6) is 0 Å². The highest BCUT2D eigenvalue weighted by Crippen LogP contribution is 2.17. The van der Waals surface area contributed by atoms with E-state index in [1.165, 1.54) is 25.1 Å². The van der Waals surface area contributed by atoms with Gasteiger partial charge in [-0.25, -0.2) is 0 Å². The molecule has 1 fully saturated rings. The molecule has 1 atom stereocenters. The van der Waals surface area contributed by atoms with Gasteiger partial charge in [-0.05, 0) is 50.2 Å². The van der Waals surface area contributed by atoms with Crippen molar-refractivity contribution in [2.75, 3.05) is 30.7 Å². The third-order valence-corrected chi connectivity index (χ3v) is 3.23. The molecule has 3 N–H and O–H groups in total. The molecule has 1 aliphatic heterocycles. The van der Waals surface area contributed by atoms with E-state index in [9.17, 15) is 0 Å². The zero-order chi connectivity index (χ0) is 11.4. The van der Waals surface area contributed by atoms with Crippen molar-refractivity contribution in [3.63, 3.8) is 0 Å². The summed E-state index contributed by atoms with van der Waals surface area (Å²) in [6.07, 6.45) is 2.56. The molecule has 1 aromatic rings. The van der Waals surface area contributed by atoms with Crippen LogP contribution < -0.4 is 11.1 Å². The lowest BCUT2D eigenvalue weighted by molar-refractivity contribution is 0.227.